The minimum atomic E-state index is 0.473. The van der Waals surface area contributed by atoms with Crippen LogP contribution < -0.4 is 5.32 Å². The Labute approximate surface area is 242 Å². The third-order valence-electron chi connectivity index (χ3n) is 5.79. The van der Waals surface area contributed by atoms with E-state index >= 15 is 0 Å². The highest BCUT2D eigenvalue weighted by molar-refractivity contribution is 5.49. The van der Waals surface area contributed by atoms with Crippen molar-refractivity contribution in [1.82, 2.24) is 4.98 Å². The van der Waals surface area contributed by atoms with Gasteiger partial charge in [0.25, 0.3) is 0 Å². The number of benzene rings is 1. The number of nitrogens with one attached hydrogen (secondary N) is 1. The van der Waals surface area contributed by atoms with Crippen LogP contribution >= 0.6 is 0 Å². The first-order valence-corrected chi connectivity index (χ1v) is 14.8. The summed E-state index contributed by atoms with van der Waals surface area (Å²) in [6, 6.07) is 12.6. The van der Waals surface area contributed by atoms with E-state index in [1.54, 1.807) is 0 Å². The van der Waals surface area contributed by atoms with Gasteiger partial charge < -0.3 is 5.32 Å². The molecule has 0 radical (unpaired) electrons. The molecule has 0 bridgehead atoms. The molecule has 0 fully saturated rings. The average molecular weight is 532 g/mol. The standard InChI is InChI=1S/C13H19N.C11H15N.C8H11N.2C2H6/c1-5-12-6-8-13(9-7-12)14-11(4)10(2)3;1-3-10(9-12-2)11-7-5-4-6-8-11;1-7(2)8-3-5-9-6-4-8;2*1-2/h6-10,14H,4-5H2,1-3H3;4-5,7,9H,2-3,6,8H2,1H3;3-7H,1-2H3;2*1-2H3/b;10-9+;;;. The monoisotopic (exact) mass is 531 g/mol. The molecule has 0 unspecified atom stereocenters. The first kappa shape index (κ1) is 37.9. The lowest BCUT2D eigenvalue weighted by molar-refractivity contribution is 0.778. The molecule has 39 heavy (non-hydrogen) atoms. The molecule has 1 aliphatic rings. The quantitative estimate of drug-likeness (QED) is 0.344. The van der Waals surface area contributed by atoms with Crippen LogP contribution in [0.3, 0.4) is 0 Å². The summed E-state index contributed by atoms with van der Waals surface area (Å²) in [6.45, 7) is 28.4. The summed E-state index contributed by atoms with van der Waals surface area (Å²) in [7, 11) is 0. The van der Waals surface area contributed by atoms with Crippen LogP contribution in [-0.4, -0.2) is 11.7 Å². The van der Waals surface area contributed by atoms with E-state index in [9.17, 15) is 0 Å². The number of hydrogen-bond donors (Lipinski definition) is 1. The average Bonchev–Trinajstić information content (AvgIpc) is 3.00. The van der Waals surface area contributed by atoms with Crippen molar-refractivity contribution in [3.05, 3.63) is 108 Å². The Hall–Kier alpha value is -3.20. The van der Waals surface area contributed by atoms with Gasteiger partial charge in [-0.1, -0.05) is 106 Å². The van der Waals surface area contributed by atoms with Crippen molar-refractivity contribution in [2.75, 3.05) is 5.32 Å². The lowest BCUT2D eigenvalue weighted by Crippen LogP contribution is -2.04. The van der Waals surface area contributed by atoms with Crippen LogP contribution in [0, 0.1) is 5.92 Å². The number of aliphatic imine (C=N–C) groups is 1. The topological polar surface area (TPSA) is 37.3 Å². The molecule has 1 N–H and O–H groups in total. The highest BCUT2D eigenvalue weighted by atomic mass is 14.9. The Morgan fingerprint density at radius 3 is 1.95 bits per heavy atom. The van der Waals surface area contributed by atoms with E-state index in [-0.39, 0.29) is 0 Å². The summed E-state index contributed by atoms with van der Waals surface area (Å²) >= 11 is 0. The molecule has 0 amide bonds. The van der Waals surface area contributed by atoms with E-state index in [0.29, 0.717) is 11.8 Å². The van der Waals surface area contributed by atoms with E-state index in [1.165, 1.54) is 22.3 Å². The first-order valence-electron chi connectivity index (χ1n) is 14.8. The predicted octanol–water partition coefficient (Wildman–Crippen LogP) is 11.3. The molecule has 0 saturated heterocycles. The number of aromatic nitrogens is 1. The van der Waals surface area contributed by atoms with Gasteiger partial charge in [-0.05, 0) is 90.8 Å². The molecular formula is C36H57N3. The minimum absolute atomic E-state index is 0.473. The molecular weight excluding hydrogens is 474 g/mol. The maximum absolute atomic E-state index is 3.98. The Balaban J connectivity index is 0. The van der Waals surface area contributed by atoms with Gasteiger partial charge in [0.1, 0.15) is 0 Å². The van der Waals surface area contributed by atoms with Gasteiger partial charge >= 0.3 is 0 Å². The van der Waals surface area contributed by atoms with Crippen molar-refractivity contribution in [3.8, 4) is 0 Å². The van der Waals surface area contributed by atoms with E-state index in [1.807, 2.05) is 58.4 Å². The van der Waals surface area contributed by atoms with Crippen LogP contribution in [0.2, 0.25) is 0 Å². The van der Waals surface area contributed by atoms with Crippen LogP contribution in [0.15, 0.2) is 102 Å². The zero-order valence-corrected chi connectivity index (χ0v) is 26.7. The number of aryl methyl sites for hydroxylation is 1. The molecule has 1 aliphatic carbocycles. The maximum Gasteiger partial charge on any atom is 0.0381 e. The van der Waals surface area contributed by atoms with Gasteiger partial charge in [-0.15, -0.1) is 0 Å². The van der Waals surface area contributed by atoms with Crippen LogP contribution in [-0.2, 0) is 6.42 Å². The normalized spacial score (nSPS) is 11.7. The van der Waals surface area contributed by atoms with Crippen LogP contribution in [0.25, 0.3) is 0 Å². The molecule has 3 nitrogen and oxygen atoms in total. The van der Waals surface area contributed by atoms with Crippen molar-refractivity contribution in [1.29, 1.82) is 0 Å². The van der Waals surface area contributed by atoms with Crippen molar-refractivity contribution in [2.24, 2.45) is 10.9 Å². The second-order valence-corrected chi connectivity index (χ2v) is 9.14. The van der Waals surface area contributed by atoms with E-state index < -0.39 is 0 Å². The maximum atomic E-state index is 3.98. The molecule has 3 heteroatoms. The van der Waals surface area contributed by atoms with Gasteiger partial charge in [0.05, 0.1) is 0 Å². The second kappa shape index (κ2) is 25.1. The third kappa shape index (κ3) is 17.8. The lowest BCUT2D eigenvalue weighted by Gasteiger charge is -2.12. The summed E-state index contributed by atoms with van der Waals surface area (Å²) in [5.41, 5.74) is 7.63. The summed E-state index contributed by atoms with van der Waals surface area (Å²) < 4.78 is 0. The zero-order chi connectivity index (χ0) is 30.1. The van der Waals surface area contributed by atoms with Gasteiger partial charge in [0, 0.05) is 30.0 Å². The molecule has 3 rings (SSSR count). The molecule has 0 atom stereocenters. The van der Waals surface area contributed by atoms with E-state index in [2.05, 4.69) is 113 Å². The minimum Gasteiger partial charge on any atom is -0.359 e. The second-order valence-electron chi connectivity index (χ2n) is 9.14. The highest BCUT2D eigenvalue weighted by Crippen LogP contribution is 2.22. The highest BCUT2D eigenvalue weighted by Gasteiger charge is 2.03. The Kier molecular flexibility index (Phi) is 24.4. The van der Waals surface area contributed by atoms with E-state index in [0.717, 1.165) is 37.1 Å². The van der Waals surface area contributed by atoms with Crippen LogP contribution in [0.4, 0.5) is 5.69 Å². The molecule has 0 saturated carbocycles. The van der Waals surface area contributed by atoms with Gasteiger partial charge in [0.2, 0.25) is 0 Å². The third-order valence-corrected chi connectivity index (χ3v) is 5.79. The zero-order valence-electron chi connectivity index (χ0n) is 26.7. The van der Waals surface area contributed by atoms with Gasteiger partial charge in [0.15, 0.2) is 0 Å². The summed E-state index contributed by atoms with van der Waals surface area (Å²) in [6.07, 6.45) is 16.4. The largest absolute Gasteiger partial charge is 0.359 e. The first-order chi connectivity index (χ1) is 18.8. The van der Waals surface area contributed by atoms with Gasteiger partial charge in [-0.3, -0.25) is 9.98 Å². The van der Waals surface area contributed by atoms with Gasteiger partial charge in [-0.2, -0.15) is 0 Å². The van der Waals surface area contributed by atoms with Crippen molar-refractivity contribution < 1.29 is 0 Å². The number of rotatable bonds is 8. The number of hydrogen-bond acceptors (Lipinski definition) is 3. The van der Waals surface area contributed by atoms with Crippen LogP contribution in [0.5, 0.6) is 0 Å². The Morgan fingerprint density at radius 2 is 1.56 bits per heavy atom. The molecule has 1 heterocycles. The Morgan fingerprint density at radius 1 is 0.974 bits per heavy atom. The Bertz CT molecular complexity index is 956. The molecule has 0 aliphatic heterocycles. The fourth-order valence-corrected chi connectivity index (χ4v) is 3.28. The van der Waals surface area contributed by atoms with E-state index in [4.69, 9.17) is 0 Å². The molecule has 216 valence electrons. The predicted molar refractivity (Wildman–Crippen MR) is 179 cm³/mol. The fraction of sp³-hybridized carbons (Fsp3) is 0.444. The molecule has 0 spiro atoms. The number of anilines is 1. The van der Waals surface area contributed by atoms with Gasteiger partial charge in [-0.25, -0.2) is 0 Å². The van der Waals surface area contributed by atoms with Crippen molar-refractivity contribution >= 4 is 12.4 Å². The molecule has 1 aromatic heterocycles. The SMILES string of the molecule is C=C(Nc1ccc(CC)cc1)C(C)C.C=N/C=C(\CC)C1=CC=CCC1.CC.CC.CC(C)c1ccncc1. The fourth-order valence-electron chi connectivity index (χ4n) is 3.28. The number of nitrogens with zero attached hydrogens (tertiary/aromatic N) is 2. The van der Waals surface area contributed by atoms with Crippen molar-refractivity contribution in [3.63, 3.8) is 0 Å². The van der Waals surface area contributed by atoms with Crippen LogP contribution in [0.1, 0.15) is 106 Å². The lowest BCUT2D eigenvalue weighted by atomic mass is 9.96. The van der Waals surface area contributed by atoms with Crippen molar-refractivity contribution in [2.45, 2.75) is 101 Å². The summed E-state index contributed by atoms with van der Waals surface area (Å²) in [5.74, 6) is 1.09. The molecule has 2 aromatic rings. The number of pyridine rings is 1. The summed E-state index contributed by atoms with van der Waals surface area (Å²) in [5, 5.41) is 3.30. The smallest absolute Gasteiger partial charge is 0.0381 e. The molecule has 1 aromatic carbocycles. The number of allylic oxidation sites excluding steroid dienone is 6. The summed E-state index contributed by atoms with van der Waals surface area (Å²) in [4.78, 5) is 7.73.